The zero-order chi connectivity index (χ0) is 13.9. The summed E-state index contributed by atoms with van der Waals surface area (Å²) < 4.78 is 1.86. The number of rotatable bonds is 4. The first-order valence-electron chi connectivity index (χ1n) is 6.91. The van der Waals surface area contributed by atoms with Crippen LogP contribution in [0, 0.1) is 5.92 Å². The van der Waals surface area contributed by atoms with Crippen molar-refractivity contribution in [1.82, 2.24) is 14.8 Å². The van der Waals surface area contributed by atoms with E-state index >= 15 is 0 Å². The molecule has 20 heavy (non-hydrogen) atoms. The maximum absolute atomic E-state index is 11.0. The zero-order valence-corrected chi connectivity index (χ0v) is 11.2. The van der Waals surface area contributed by atoms with Crippen LogP contribution in [0.4, 0.5) is 0 Å². The molecule has 1 unspecified atom stereocenters. The van der Waals surface area contributed by atoms with E-state index in [0.29, 0.717) is 19.4 Å². The summed E-state index contributed by atoms with van der Waals surface area (Å²) in [6.07, 6.45) is 2.84. The van der Waals surface area contributed by atoms with Gasteiger partial charge in [0, 0.05) is 19.4 Å². The van der Waals surface area contributed by atoms with E-state index in [-0.39, 0.29) is 5.92 Å². The number of nitrogens with zero attached hydrogens (tertiary/aromatic N) is 3. The highest BCUT2D eigenvalue weighted by Gasteiger charge is 2.26. The second kappa shape index (κ2) is 5.45. The van der Waals surface area contributed by atoms with E-state index in [2.05, 4.69) is 22.2 Å². The molecule has 0 aliphatic carbocycles. The van der Waals surface area contributed by atoms with Gasteiger partial charge in [-0.3, -0.25) is 4.79 Å². The average Bonchev–Trinajstić information content (AvgIpc) is 2.88. The molecule has 0 amide bonds. The molecule has 5 nitrogen and oxygen atoms in total. The van der Waals surface area contributed by atoms with Gasteiger partial charge in [-0.2, -0.15) is 5.10 Å². The lowest BCUT2D eigenvalue weighted by atomic mass is 9.98. The number of carboxylic acids is 1. The van der Waals surface area contributed by atoms with Crippen LogP contribution in [0.25, 0.3) is 0 Å². The van der Waals surface area contributed by atoms with E-state index < -0.39 is 5.97 Å². The highest BCUT2D eigenvalue weighted by Crippen LogP contribution is 2.19. The molecular weight excluding hydrogens is 254 g/mol. The normalized spacial score (nSPS) is 17.7. The van der Waals surface area contributed by atoms with Crippen molar-refractivity contribution in [2.75, 3.05) is 0 Å². The first-order chi connectivity index (χ1) is 9.72. The molecule has 1 aromatic heterocycles. The van der Waals surface area contributed by atoms with Crippen LogP contribution in [-0.2, 0) is 30.6 Å². The SMILES string of the molecule is O=C(O)C1CCn2nc(CCc3ccccc3)nc2C1. The van der Waals surface area contributed by atoms with Gasteiger partial charge in [0.25, 0.3) is 0 Å². The van der Waals surface area contributed by atoms with Gasteiger partial charge in [-0.15, -0.1) is 0 Å². The molecule has 3 rings (SSSR count). The largest absolute Gasteiger partial charge is 0.481 e. The molecule has 2 aromatic rings. The number of hydrogen-bond acceptors (Lipinski definition) is 3. The first-order valence-corrected chi connectivity index (χ1v) is 6.91. The van der Waals surface area contributed by atoms with Crippen LogP contribution in [0.2, 0.25) is 0 Å². The Kier molecular flexibility index (Phi) is 3.50. The fraction of sp³-hybridized carbons (Fsp3) is 0.400. The van der Waals surface area contributed by atoms with Gasteiger partial charge in [0.15, 0.2) is 5.82 Å². The third kappa shape index (κ3) is 2.71. The number of carbonyl (C=O) groups is 1. The minimum absolute atomic E-state index is 0.311. The van der Waals surface area contributed by atoms with E-state index in [1.54, 1.807) is 0 Å². The van der Waals surface area contributed by atoms with Crippen molar-refractivity contribution in [2.24, 2.45) is 5.92 Å². The Labute approximate surface area is 117 Å². The molecule has 1 atom stereocenters. The molecular formula is C15H17N3O2. The predicted molar refractivity (Wildman–Crippen MR) is 73.3 cm³/mol. The molecule has 0 fully saturated rings. The molecule has 1 aliphatic heterocycles. The van der Waals surface area contributed by atoms with Crippen LogP contribution < -0.4 is 0 Å². The Morgan fingerprint density at radius 1 is 1.30 bits per heavy atom. The first kappa shape index (κ1) is 12.8. The second-order valence-electron chi connectivity index (χ2n) is 5.18. The molecule has 1 N–H and O–H groups in total. The third-order valence-electron chi connectivity index (χ3n) is 3.74. The second-order valence-corrected chi connectivity index (χ2v) is 5.18. The summed E-state index contributed by atoms with van der Waals surface area (Å²) in [7, 11) is 0. The number of hydrogen-bond donors (Lipinski definition) is 1. The van der Waals surface area contributed by atoms with Crippen LogP contribution >= 0.6 is 0 Å². The van der Waals surface area contributed by atoms with E-state index in [1.807, 2.05) is 22.9 Å². The molecule has 0 bridgehead atoms. The van der Waals surface area contributed by atoms with Crippen molar-refractivity contribution in [1.29, 1.82) is 0 Å². The van der Waals surface area contributed by atoms with Gasteiger partial charge in [-0.25, -0.2) is 9.67 Å². The summed E-state index contributed by atoms with van der Waals surface area (Å²) in [5, 5.41) is 13.5. The van der Waals surface area contributed by atoms with E-state index in [1.165, 1.54) is 5.56 Å². The molecule has 0 radical (unpaired) electrons. The van der Waals surface area contributed by atoms with Gasteiger partial charge in [-0.1, -0.05) is 30.3 Å². The molecule has 0 saturated heterocycles. The number of aryl methyl sites for hydroxylation is 3. The summed E-state index contributed by atoms with van der Waals surface area (Å²) >= 11 is 0. The minimum Gasteiger partial charge on any atom is -0.481 e. The molecule has 5 heteroatoms. The Hall–Kier alpha value is -2.17. The number of carboxylic acid groups (broad SMARTS) is 1. The van der Waals surface area contributed by atoms with Gasteiger partial charge in [0.2, 0.25) is 0 Å². The van der Waals surface area contributed by atoms with Crippen LogP contribution in [0.15, 0.2) is 30.3 Å². The number of aliphatic carboxylic acids is 1. The van der Waals surface area contributed by atoms with Gasteiger partial charge in [-0.05, 0) is 18.4 Å². The van der Waals surface area contributed by atoms with E-state index in [0.717, 1.165) is 24.5 Å². The van der Waals surface area contributed by atoms with E-state index in [4.69, 9.17) is 5.11 Å². The van der Waals surface area contributed by atoms with Crippen LogP contribution in [0.1, 0.15) is 23.6 Å². The van der Waals surface area contributed by atoms with Gasteiger partial charge >= 0.3 is 5.97 Å². The fourth-order valence-electron chi connectivity index (χ4n) is 2.57. The van der Waals surface area contributed by atoms with Crippen molar-refractivity contribution < 1.29 is 9.90 Å². The number of aromatic nitrogens is 3. The van der Waals surface area contributed by atoms with Crippen LogP contribution in [-0.4, -0.2) is 25.8 Å². The molecule has 0 spiro atoms. The monoisotopic (exact) mass is 271 g/mol. The standard InChI is InChI=1S/C15H17N3O2/c19-15(20)12-8-9-18-14(10-12)16-13(17-18)7-6-11-4-2-1-3-5-11/h1-5,12H,6-10H2,(H,19,20). The van der Waals surface area contributed by atoms with Crippen molar-refractivity contribution >= 4 is 5.97 Å². The van der Waals surface area contributed by atoms with Crippen molar-refractivity contribution in [3.05, 3.63) is 47.5 Å². The summed E-state index contributed by atoms with van der Waals surface area (Å²) in [4.78, 5) is 15.5. The average molecular weight is 271 g/mol. The summed E-state index contributed by atoms with van der Waals surface area (Å²) in [6.45, 7) is 0.657. The van der Waals surface area contributed by atoms with Crippen LogP contribution in [0.3, 0.4) is 0 Å². The van der Waals surface area contributed by atoms with Crippen molar-refractivity contribution in [2.45, 2.75) is 32.2 Å². The molecule has 1 aliphatic rings. The Morgan fingerprint density at radius 3 is 2.85 bits per heavy atom. The van der Waals surface area contributed by atoms with Crippen molar-refractivity contribution in [3.8, 4) is 0 Å². The fourth-order valence-corrected chi connectivity index (χ4v) is 2.57. The molecule has 104 valence electrons. The van der Waals surface area contributed by atoms with Crippen molar-refractivity contribution in [3.63, 3.8) is 0 Å². The lowest BCUT2D eigenvalue weighted by Crippen LogP contribution is -2.26. The topological polar surface area (TPSA) is 68.0 Å². The number of benzene rings is 1. The Balaban J connectivity index is 1.67. The molecule has 2 heterocycles. The smallest absolute Gasteiger partial charge is 0.307 e. The minimum atomic E-state index is -0.731. The third-order valence-corrected chi connectivity index (χ3v) is 3.74. The zero-order valence-electron chi connectivity index (χ0n) is 11.2. The highest BCUT2D eigenvalue weighted by atomic mass is 16.4. The van der Waals surface area contributed by atoms with Crippen LogP contribution in [0.5, 0.6) is 0 Å². The number of fused-ring (bicyclic) bond motifs is 1. The molecule has 1 aromatic carbocycles. The lowest BCUT2D eigenvalue weighted by molar-refractivity contribution is -0.142. The summed E-state index contributed by atoms with van der Waals surface area (Å²) in [5.41, 5.74) is 1.27. The quantitative estimate of drug-likeness (QED) is 0.919. The van der Waals surface area contributed by atoms with Gasteiger partial charge in [0.1, 0.15) is 5.82 Å². The molecule has 0 saturated carbocycles. The maximum Gasteiger partial charge on any atom is 0.307 e. The predicted octanol–water partition coefficient (Wildman–Crippen LogP) is 1.71. The summed E-state index contributed by atoms with van der Waals surface area (Å²) in [6, 6.07) is 10.2. The highest BCUT2D eigenvalue weighted by molar-refractivity contribution is 5.70. The summed E-state index contributed by atoms with van der Waals surface area (Å²) in [5.74, 6) is 0.584. The lowest BCUT2D eigenvalue weighted by Gasteiger charge is -2.17. The Bertz CT molecular complexity index is 607. The van der Waals surface area contributed by atoms with Gasteiger partial charge in [0.05, 0.1) is 5.92 Å². The van der Waals surface area contributed by atoms with Gasteiger partial charge < -0.3 is 5.11 Å². The maximum atomic E-state index is 11.0. The van der Waals surface area contributed by atoms with E-state index in [9.17, 15) is 4.79 Å². The Morgan fingerprint density at radius 2 is 2.10 bits per heavy atom.